The highest BCUT2D eigenvalue weighted by Crippen LogP contribution is 2.36. The van der Waals surface area contributed by atoms with Gasteiger partial charge < -0.3 is 4.42 Å². The van der Waals surface area contributed by atoms with E-state index < -0.39 is 0 Å². The van der Waals surface area contributed by atoms with Gasteiger partial charge in [-0.15, -0.1) is 49.2 Å². The number of aromatic nitrogens is 3. The molecular formula is C33H36B15N3O. The van der Waals surface area contributed by atoms with Crippen LogP contribution in [0.4, 0.5) is 0 Å². The molecule has 2 aromatic heterocycles. The Kier molecular flexibility index (Phi) is 9.12. The number of benzene rings is 5. The van der Waals surface area contributed by atoms with E-state index in [1.807, 2.05) is 0 Å². The standard InChI is InChI=1S/C33H36B15N3O/c34-15-12(16(35)22(41)27(46)21(15)40)10-3-1-2-9-8-5-4-7(6-11(8)52-30(9)10)31-49-32(13-17(36)23(42)28(47)24(43)18(13)37)51-33(50-31)14-19(38)25(44)29(48)26(45)20(14)39/h1-6H,34-48H2. The highest BCUT2D eigenvalue weighted by Gasteiger charge is 2.23. The number of hydrogen-bond donors (Lipinski definition) is 0. The highest BCUT2D eigenvalue weighted by molar-refractivity contribution is 6.71. The van der Waals surface area contributed by atoms with Crippen LogP contribution >= 0.6 is 0 Å². The molecule has 0 radical (unpaired) electrons. The fourth-order valence-corrected chi connectivity index (χ4v) is 8.44. The molecule has 0 saturated carbocycles. The Morgan fingerprint density at radius 3 is 1.19 bits per heavy atom. The number of rotatable bonds is 4. The molecular weight excluding hydrogens is 617 g/mol. The third-order valence-electron chi connectivity index (χ3n) is 13.1. The molecule has 0 atom stereocenters. The van der Waals surface area contributed by atoms with E-state index >= 15 is 0 Å². The van der Waals surface area contributed by atoms with Gasteiger partial charge in [0.05, 0.1) is 0 Å². The van der Waals surface area contributed by atoms with E-state index in [0.29, 0.717) is 17.5 Å². The van der Waals surface area contributed by atoms with Gasteiger partial charge in [0.25, 0.3) is 0 Å². The summed E-state index contributed by atoms with van der Waals surface area (Å²) in [5.74, 6) is 2.06. The summed E-state index contributed by atoms with van der Waals surface area (Å²) in [6.07, 6.45) is 0. The maximum Gasteiger partial charge on any atom is 0.164 e. The van der Waals surface area contributed by atoms with Crippen molar-refractivity contribution >= 4 is 222 Å². The fraction of sp³-hybridized carbons (Fsp3) is 0. The second kappa shape index (κ2) is 13.1. The van der Waals surface area contributed by atoms with Crippen LogP contribution in [0.25, 0.3) is 67.2 Å². The van der Waals surface area contributed by atoms with Crippen molar-refractivity contribution < 1.29 is 4.42 Å². The molecule has 0 unspecified atom stereocenters. The Morgan fingerprint density at radius 2 is 0.750 bits per heavy atom. The third-order valence-corrected chi connectivity index (χ3v) is 13.1. The summed E-state index contributed by atoms with van der Waals surface area (Å²) < 4.78 is 6.84. The average Bonchev–Trinajstić information content (AvgIpc) is 3.52. The SMILES string of the molecule is Bc1c(B)c(B)c(-c2nc(-c3ccc4c(c3)oc3c(-c5c(B)c(B)c(B)c(B)c5B)cccc34)nc(-c3c(B)c(B)c(B)c(B)c3B)n2)c(B)c1B. The molecule has 0 fully saturated rings. The smallest absolute Gasteiger partial charge is 0.164 e. The summed E-state index contributed by atoms with van der Waals surface area (Å²) in [6, 6.07) is 12.9. The second-order valence-corrected chi connectivity index (χ2v) is 15.3. The average molecular weight is 653 g/mol. The van der Waals surface area contributed by atoms with Crippen LogP contribution in [0, 0.1) is 0 Å². The summed E-state index contributed by atoms with van der Waals surface area (Å²) >= 11 is 0. The normalized spacial score (nSPS) is 11.5. The molecule has 2 heterocycles. The summed E-state index contributed by atoms with van der Waals surface area (Å²) in [5, 5.41) is 2.19. The van der Waals surface area contributed by atoms with Gasteiger partial charge in [0, 0.05) is 33.0 Å². The molecule has 0 saturated heterocycles. The van der Waals surface area contributed by atoms with Crippen molar-refractivity contribution in [1.29, 1.82) is 0 Å². The lowest BCUT2D eigenvalue weighted by Crippen LogP contribution is -2.55. The Hall–Kier alpha value is -4.12. The lowest BCUT2D eigenvalue weighted by atomic mass is 9.59. The quantitative estimate of drug-likeness (QED) is 0.178. The Balaban J connectivity index is 1.51. The van der Waals surface area contributed by atoms with Crippen LogP contribution in [0.15, 0.2) is 40.8 Å². The summed E-state index contributed by atoms with van der Waals surface area (Å²) in [7, 11) is 33.2. The van der Waals surface area contributed by atoms with Gasteiger partial charge in [-0.3, -0.25) is 0 Å². The predicted molar refractivity (Wildman–Crippen MR) is 272 cm³/mol. The first-order chi connectivity index (χ1) is 24.5. The maximum absolute atomic E-state index is 6.84. The molecule has 0 N–H and O–H groups in total. The van der Waals surface area contributed by atoms with Crippen LogP contribution in [0.3, 0.4) is 0 Å². The van der Waals surface area contributed by atoms with Crippen LogP contribution in [0.5, 0.6) is 0 Å². The Labute approximate surface area is 321 Å². The number of nitrogens with zero attached hydrogens (tertiary/aromatic N) is 3. The first-order valence-corrected chi connectivity index (χ1v) is 18.5. The number of furan rings is 1. The molecule has 0 aliphatic rings. The summed E-state index contributed by atoms with van der Waals surface area (Å²) in [6.45, 7) is 0. The minimum absolute atomic E-state index is 0.642. The Bertz CT molecular complexity index is 2540. The van der Waals surface area contributed by atoms with Crippen LogP contribution in [0.2, 0.25) is 0 Å². The van der Waals surface area contributed by atoms with Crippen LogP contribution in [0.1, 0.15) is 0 Å². The van der Waals surface area contributed by atoms with E-state index in [-0.39, 0.29) is 0 Å². The van der Waals surface area contributed by atoms with Crippen molar-refractivity contribution in [2.45, 2.75) is 0 Å². The summed E-state index contributed by atoms with van der Waals surface area (Å²) in [4.78, 5) is 15.8. The lowest BCUT2D eigenvalue weighted by molar-refractivity contribution is 0.670. The third kappa shape index (κ3) is 5.40. The van der Waals surface area contributed by atoms with Crippen molar-refractivity contribution in [3.8, 4) is 45.3 Å². The first-order valence-electron chi connectivity index (χ1n) is 18.5. The van der Waals surface area contributed by atoms with Gasteiger partial charge in [-0.05, 0) is 17.7 Å². The van der Waals surface area contributed by atoms with Crippen LogP contribution < -0.4 is 81.9 Å². The zero-order chi connectivity index (χ0) is 37.7. The van der Waals surface area contributed by atoms with Gasteiger partial charge in [0.1, 0.15) is 129 Å². The minimum Gasteiger partial charge on any atom is -0.455 e. The lowest BCUT2D eigenvalue weighted by Gasteiger charge is -2.22. The van der Waals surface area contributed by atoms with Crippen LogP contribution in [-0.4, -0.2) is 133 Å². The monoisotopic (exact) mass is 655 g/mol. The molecule has 0 spiro atoms. The van der Waals surface area contributed by atoms with E-state index in [9.17, 15) is 0 Å². The number of fused-ring (bicyclic) bond motifs is 3. The fourth-order valence-electron chi connectivity index (χ4n) is 8.44. The van der Waals surface area contributed by atoms with Crippen molar-refractivity contribution in [2.24, 2.45) is 0 Å². The van der Waals surface area contributed by atoms with Gasteiger partial charge in [-0.2, -0.15) is 0 Å². The van der Waals surface area contributed by atoms with Crippen molar-refractivity contribution in [3.05, 3.63) is 36.4 Å². The maximum atomic E-state index is 6.84. The predicted octanol–water partition coefficient (Wildman–Crippen LogP) is -17.7. The van der Waals surface area contributed by atoms with Gasteiger partial charge in [0.15, 0.2) is 17.5 Å². The highest BCUT2D eigenvalue weighted by atomic mass is 16.3. The van der Waals surface area contributed by atoms with E-state index in [2.05, 4.69) is 154 Å². The zero-order valence-corrected chi connectivity index (χ0v) is 33.7. The van der Waals surface area contributed by atoms with Gasteiger partial charge in [-0.25, -0.2) is 15.0 Å². The van der Waals surface area contributed by atoms with E-state index in [1.165, 1.54) is 87.5 Å². The second-order valence-electron chi connectivity index (χ2n) is 15.3. The topological polar surface area (TPSA) is 51.8 Å². The van der Waals surface area contributed by atoms with E-state index in [4.69, 9.17) is 19.4 Å². The van der Waals surface area contributed by atoms with Gasteiger partial charge in [-0.1, -0.05) is 57.0 Å². The molecule has 4 nitrogen and oxygen atoms in total. The van der Waals surface area contributed by atoms with Crippen molar-refractivity contribution in [3.63, 3.8) is 0 Å². The molecule has 0 bridgehead atoms. The van der Waals surface area contributed by atoms with Gasteiger partial charge in [0.2, 0.25) is 0 Å². The number of hydrogen-bond acceptors (Lipinski definition) is 4. The molecule has 7 rings (SSSR count). The van der Waals surface area contributed by atoms with Crippen molar-refractivity contribution in [2.75, 3.05) is 0 Å². The Morgan fingerprint density at radius 1 is 0.365 bits per heavy atom. The molecule has 7 aromatic rings. The number of para-hydroxylation sites is 1. The van der Waals surface area contributed by atoms with Crippen LogP contribution in [-0.2, 0) is 0 Å². The largest absolute Gasteiger partial charge is 0.455 e. The van der Waals surface area contributed by atoms with Crippen molar-refractivity contribution in [1.82, 2.24) is 15.0 Å². The molecule has 0 aliphatic heterocycles. The summed E-state index contributed by atoms with van der Waals surface area (Å²) in [5.41, 5.74) is 26.4. The first kappa shape index (κ1) is 36.3. The minimum atomic E-state index is 0.642. The molecule has 5 aromatic carbocycles. The molecule has 52 heavy (non-hydrogen) atoms. The zero-order valence-electron chi connectivity index (χ0n) is 33.7. The molecule has 0 aliphatic carbocycles. The molecule has 234 valence electrons. The van der Waals surface area contributed by atoms with E-state index in [1.54, 1.807) is 0 Å². The molecule has 19 heteroatoms. The van der Waals surface area contributed by atoms with Gasteiger partial charge >= 0.3 is 0 Å². The van der Waals surface area contributed by atoms with E-state index in [0.717, 1.165) is 44.2 Å². The molecule has 0 amide bonds.